The highest BCUT2D eigenvalue weighted by atomic mass is 16.5. The highest BCUT2D eigenvalue weighted by molar-refractivity contribution is 5.94. The number of nitrogens with one attached hydrogen (secondary N) is 1. The van der Waals surface area contributed by atoms with Crippen LogP contribution >= 0.6 is 0 Å². The van der Waals surface area contributed by atoms with Crippen molar-refractivity contribution in [1.82, 2.24) is 5.32 Å². The van der Waals surface area contributed by atoms with Crippen molar-refractivity contribution >= 4 is 5.91 Å². The lowest BCUT2D eigenvalue weighted by molar-refractivity contribution is -0.00160. The lowest BCUT2D eigenvalue weighted by Gasteiger charge is -2.34. The van der Waals surface area contributed by atoms with Crippen molar-refractivity contribution in [2.45, 2.75) is 12.0 Å². The number of carbonyl (C=O) groups is 1. The van der Waals surface area contributed by atoms with Gasteiger partial charge in [-0.25, -0.2) is 0 Å². The maximum Gasteiger partial charge on any atom is 0.251 e. The van der Waals surface area contributed by atoms with E-state index in [-0.39, 0.29) is 12.5 Å². The molecule has 120 valence electrons. The number of para-hydroxylation sites is 1. The number of hydrogen-bond acceptors (Lipinski definition) is 4. The molecule has 2 aromatic carbocycles. The second-order valence-electron chi connectivity index (χ2n) is 5.54. The molecule has 0 bridgehead atoms. The van der Waals surface area contributed by atoms with Crippen LogP contribution in [0.4, 0.5) is 0 Å². The lowest BCUT2D eigenvalue weighted by Crippen LogP contribution is -2.43. The van der Waals surface area contributed by atoms with E-state index < -0.39 is 5.60 Å². The van der Waals surface area contributed by atoms with Gasteiger partial charge < -0.3 is 19.9 Å². The van der Waals surface area contributed by atoms with Gasteiger partial charge in [-0.3, -0.25) is 4.79 Å². The Morgan fingerprint density at radius 2 is 2.13 bits per heavy atom. The van der Waals surface area contributed by atoms with E-state index in [0.717, 1.165) is 0 Å². The van der Waals surface area contributed by atoms with Gasteiger partial charge in [0.25, 0.3) is 5.91 Å². The van der Waals surface area contributed by atoms with Crippen LogP contribution in [0.15, 0.2) is 48.5 Å². The zero-order valence-corrected chi connectivity index (χ0v) is 12.9. The largest absolute Gasteiger partial charge is 0.497 e. The number of carbonyl (C=O) groups excluding carboxylic acids is 1. The molecule has 1 heterocycles. The molecular weight excluding hydrogens is 294 g/mol. The highest BCUT2D eigenvalue weighted by Crippen LogP contribution is 2.36. The van der Waals surface area contributed by atoms with Crippen molar-refractivity contribution in [2.24, 2.45) is 0 Å². The van der Waals surface area contributed by atoms with E-state index in [1.54, 1.807) is 31.4 Å². The fraction of sp³-hybridized carbons (Fsp3) is 0.278. The third kappa shape index (κ3) is 3.14. The van der Waals surface area contributed by atoms with Crippen LogP contribution < -0.4 is 14.8 Å². The van der Waals surface area contributed by atoms with E-state index in [1.807, 2.05) is 24.3 Å². The first-order valence-electron chi connectivity index (χ1n) is 7.49. The molecule has 5 nitrogen and oxygen atoms in total. The highest BCUT2D eigenvalue weighted by Gasteiger charge is 2.35. The summed E-state index contributed by atoms with van der Waals surface area (Å²) in [4.78, 5) is 12.3. The second-order valence-corrected chi connectivity index (χ2v) is 5.54. The third-order valence-electron chi connectivity index (χ3n) is 4.03. The van der Waals surface area contributed by atoms with Crippen LogP contribution in [0.3, 0.4) is 0 Å². The summed E-state index contributed by atoms with van der Waals surface area (Å²) in [5.41, 5.74) is 0.0779. The van der Waals surface area contributed by atoms with Gasteiger partial charge in [0.1, 0.15) is 17.1 Å². The Morgan fingerprint density at radius 3 is 2.96 bits per heavy atom. The van der Waals surface area contributed by atoms with E-state index in [2.05, 4.69) is 5.32 Å². The Kier molecular flexibility index (Phi) is 4.21. The molecule has 2 N–H and O–H groups in total. The van der Waals surface area contributed by atoms with Gasteiger partial charge in [-0.15, -0.1) is 0 Å². The van der Waals surface area contributed by atoms with E-state index >= 15 is 0 Å². The van der Waals surface area contributed by atoms with Crippen LogP contribution in [0.25, 0.3) is 0 Å². The van der Waals surface area contributed by atoms with Crippen LogP contribution in [-0.2, 0) is 5.60 Å². The minimum absolute atomic E-state index is 0.128. The van der Waals surface area contributed by atoms with Gasteiger partial charge in [-0.05, 0) is 24.3 Å². The van der Waals surface area contributed by atoms with Gasteiger partial charge in [0.15, 0.2) is 0 Å². The Labute approximate surface area is 134 Å². The van der Waals surface area contributed by atoms with Crippen molar-refractivity contribution in [2.75, 3.05) is 20.3 Å². The minimum atomic E-state index is -1.12. The Balaban J connectivity index is 1.74. The maximum absolute atomic E-state index is 12.3. The molecule has 0 radical (unpaired) electrons. The average molecular weight is 313 g/mol. The molecule has 0 saturated carbocycles. The fourth-order valence-electron chi connectivity index (χ4n) is 2.72. The fourth-order valence-corrected chi connectivity index (χ4v) is 2.72. The summed E-state index contributed by atoms with van der Waals surface area (Å²) in [5.74, 6) is 1.03. The molecule has 0 aromatic heterocycles. The minimum Gasteiger partial charge on any atom is -0.497 e. The number of fused-ring (bicyclic) bond motifs is 1. The summed E-state index contributed by atoms with van der Waals surface area (Å²) in [6, 6.07) is 14.3. The average Bonchev–Trinajstić information content (AvgIpc) is 2.60. The molecule has 3 rings (SSSR count). The first kappa shape index (κ1) is 15.4. The predicted octanol–water partition coefficient (Wildman–Crippen LogP) is 2.10. The summed E-state index contributed by atoms with van der Waals surface area (Å²) in [6.45, 7) is 0.548. The van der Waals surface area contributed by atoms with Gasteiger partial charge in [-0.2, -0.15) is 0 Å². The standard InChI is InChI=1S/C18H19NO4/c1-22-14-6-4-5-13(11-14)17(20)19-12-18(21)9-10-23-16-8-3-2-7-15(16)18/h2-8,11,21H,9-10,12H2,1H3,(H,19,20). The molecule has 1 amide bonds. The summed E-state index contributed by atoms with van der Waals surface area (Å²) < 4.78 is 10.7. The molecule has 1 aliphatic rings. The summed E-state index contributed by atoms with van der Waals surface area (Å²) in [7, 11) is 1.55. The molecule has 0 aliphatic carbocycles. The number of rotatable bonds is 4. The third-order valence-corrected chi connectivity index (χ3v) is 4.03. The van der Waals surface area contributed by atoms with Gasteiger partial charge in [0, 0.05) is 17.5 Å². The molecule has 1 unspecified atom stereocenters. The smallest absolute Gasteiger partial charge is 0.251 e. The Hall–Kier alpha value is -2.53. The van der Waals surface area contributed by atoms with Crippen LogP contribution in [0, 0.1) is 0 Å². The SMILES string of the molecule is COc1cccc(C(=O)NCC2(O)CCOc3ccccc32)c1. The van der Waals surface area contributed by atoms with Crippen molar-refractivity contribution in [3.8, 4) is 11.5 Å². The lowest BCUT2D eigenvalue weighted by atomic mass is 9.88. The molecule has 2 aromatic rings. The summed E-state index contributed by atoms with van der Waals surface area (Å²) in [5, 5.41) is 13.7. The first-order chi connectivity index (χ1) is 11.1. The van der Waals surface area contributed by atoms with E-state index in [1.165, 1.54) is 0 Å². The van der Waals surface area contributed by atoms with Crippen molar-refractivity contribution in [3.63, 3.8) is 0 Å². The van der Waals surface area contributed by atoms with Crippen LogP contribution in [0.1, 0.15) is 22.3 Å². The summed E-state index contributed by atoms with van der Waals surface area (Å²) >= 11 is 0. The molecular formula is C18H19NO4. The topological polar surface area (TPSA) is 67.8 Å². The van der Waals surface area contributed by atoms with E-state index in [0.29, 0.717) is 35.7 Å². The van der Waals surface area contributed by atoms with E-state index in [9.17, 15) is 9.90 Å². The number of hydrogen-bond donors (Lipinski definition) is 2. The Bertz CT molecular complexity index is 716. The van der Waals surface area contributed by atoms with Crippen LogP contribution in [-0.4, -0.2) is 31.3 Å². The normalized spacial score (nSPS) is 19.4. The maximum atomic E-state index is 12.3. The number of aliphatic hydroxyl groups is 1. The van der Waals surface area contributed by atoms with Crippen molar-refractivity contribution in [1.29, 1.82) is 0 Å². The van der Waals surface area contributed by atoms with Crippen molar-refractivity contribution in [3.05, 3.63) is 59.7 Å². The summed E-state index contributed by atoms with van der Waals surface area (Å²) in [6.07, 6.45) is 0.433. The van der Waals surface area contributed by atoms with E-state index in [4.69, 9.17) is 9.47 Å². The van der Waals surface area contributed by atoms with Gasteiger partial charge in [0.2, 0.25) is 0 Å². The predicted molar refractivity (Wildman–Crippen MR) is 85.8 cm³/mol. The monoisotopic (exact) mass is 313 g/mol. The zero-order valence-electron chi connectivity index (χ0n) is 12.9. The zero-order chi connectivity index (χ0) is 16.3. The van der Waals surface area contributed by atoms with Crippen LogP contribution in [0.5, 0.6) is 11.5 Å². The van der Waals surface area contributed by atoms with Gasteiger partial charge >= 0.3 is 0 Å². The van der Waals surface area contributed by atoms with Crippen molar-refractivity contribution < 1.29 is 19.4 Å². The first-order valence-corrected chi connectivity index (χ1v) is 7.49. The molecule has 0 fully saturated rings. The number of benzene rings is 2. The number of ether oxygens (including phenoxy) is 2. The molecule has 23 heavy (non-hydrogen) atoms. The molecule has 0 spiro atoms. The molecule has 1 aliphatic heterocycles. The molecule has 5 heteroatoms. The second kappa shape index (κ2) is 6.30. The van der Waals surface area contributed by atoms with Gasteiger partial charge in [0.05, 0.1) is 20.3 Å². The Morgan fingerprint density at radius 1 is 1.30 bits per heavy atom. The molecule has 0 saturated heterocycles. The van der Waals surface area contributed by atoms with Gasteiger partial charge in [-0.1, -0.05) is 24.3 Å². The number of amides is 1. The quantitative estimate of drug-likeness (QED) is 0.907. The molecule has 1 atom stereocenters. The van der Waals surface area contributed by atoms with Crippen LogP contribution in [0.2, 0.25) is 0 Å². The number of methoxy groups -OCH3 is 1.